The van der Waals surface area contributed by atoms with E-state index in [9.17, 15) is 0 Å². The lowest BCUT2D eigenvalue weighted by molar-refractivity contribution is 0.0852. The van der Waals surface area contributed by atoms with Crippen molar-refractivity contribution in [1.29, 1.82) is 0 Å². The van der Waals surface area contributed by atoms with Gasteiger partial charge in [-0.15, -0.1) is 0 Å². The summed E-state index contributed by atoms with van der Waals surface area (Å²) in [7, 11) is 2.01. The van der Waals surface area contributed by atoms with Crippen LogP contribution in [0.2, 0.25) is 5.02 Å². The summed E-state index contributed by atoms with van der Waals surface area (Å²) in [5.41, 5.74) is 6.25. The van der Waals surface area contributed by atoms with Gasteiger partial charge in [-0.2, -0.15) is 0 Å². The molecule has 0 saturated heterocycles. The Morgan fingerprint density at radius 3 is 2.77 bits per heavy atom. The largest absolute Gasteiger partial charge is 0.387 e. The van der Waals surface area contributed by atoms with Gasteiger partial charge in [-0.3, -0.25) is 0 Å². The Hall–Kier alpha value is -2.33. The number of nitrogens with zero attached hydrogens (tertiary/aromatic N) is 3. The van der Waals surface area contributed by atoms with Crippen LogP contribution in [-0.2, 0) is 4.84 Å². The van der Waals surface area contributed by atoms with Crippen LogP contribution in [0, 0.1) is 13.8 Å². The van der Waals surface area contributed by atoms with E-state index in [1.54, 1.807) is 0 Å². The standard InChI is InChI=1S/C21H24ClN3O/c1-5-25(4)13-23-19-11-14(2)17(10-15(19)3)21-12-20(24-26-21)16-8-6-7-9-18(16)22/h6-11,13,21H,5,12H2,1-4H3. The second-order valence-electron chi connectivity index (χ2n) is 6.63. The Balaban J connectivity index is 1.80. The average molecular weight is 370 g/mol. The van der Waals surface area contributed by atoms with E-state index in [0.717, 1.165) is 40.2 Å². The maximum absolute atomic E-state index is 6.29. The van der Waals surface area contributed by atoms with E-state index in [0.29, 0.717) is 11.4 Å². The quantitative estimate of drug-likeness (QED) is 0.520. The summed E-state index contributed by atoms with van der Waals surface area (Å²) >= 11 is 6.29. The predicted molar refractivity (Wildman–Crippen MR) is 109 cm³/mol. The minimum atomic E-state index is -0.0867. The first-order valence-corrected chi connectivity index (χ1v) is 9.20. The van der Waals surface area contributed by atoms with Crippen LogP contribution in [0.3, 0.4) is 0 Å². The summed E-state index contributed by atoms with van der Waals surface area (Å²) in [6.07, 6.45) is 2.49. The smallest absolute Gasteiger partial charge is 0.158 e. The minimum Gasteiger partial charge on any atom is -0.387 e. The lowest BCUT2D eigenvalue weighted by atomic mass is 9.95. The zero-order valence-corrected chi connectivity index (χ0v) is 16.4. The van der Waals surface area contributed by atoms with Crippen LogP contribution in [0.25, 0.3) is 0 Å². The molecule has 0 aromatic heterocycles. The minimum absolute atomic E-state index is 0.0867. The number of benzene rings is 2. The number of hydrogen-bond acceptors (Lipinski definition) is 3. The van der Waals surface area contributed by atoms with Gasteiger partial charge in [0.1, 0.15) is 0 Å². The van der Waals surface area contributed by atoms with Crippen LogP contribution in [0.15, 0.2) is 46.5 Å². The van der Waals surface area contributed by atoms with Gasteiger partial charge < -0.3 is 9.74 Å². The van der Waals surface area contributed by atoms with E-state index >= 15 is 0 Å². The maximum atomic E-state index is 6.29. The van der Waals surface area contributed by atoms with Crippen LogP contribution in [-0.4, -0.2) is 30.5 Å². The number of aryl methyl sites for hydroxylation is 2. The lowest BCUT2D eigenvalue weighted by Gasteiger charge is -2.15. The first kappa shape index (κ1) is 18.5. The first-order chi connectivity index (χ1) is 12.5. The summed E-state index contributed by atoms with van der Waals surface area (Å²) in [5.74, 6) is 0. The lowest BCUT2D eigenvalue weighted by Crippen LogP contribution is -2.14. The van der Waals surface area contributed by atoms with Gasteiger partial charge in [0.15, 0.2) is 6.10 Å². The van der Waals surface area contributed by atoms with Crippen LogP contribution in [0.5, 0.6) is 0 Å². The molecule has 3 rings (SSSR count). The van der Waals surface area contributed by atoms with Crippen molar-refractivity contribution in [2.24, 2.45) is 10.1 Å². The fourth-order valence-electron chi connectivity index (χ4n) is 2.95. The number of halogens is 1. The highest BCUT2D eigenvalue weighted by Gasteiger charge is 2.26. The second-order valence-corrected chi connectivity index (χ2v) is 7.04. The van der Waals surface area contributed by atoms with Gasteiger partial charge in [-0.05, 0) is 55.7 Å². The monoisotopic (exact) mass is 369 g/mol. The molecule has 1 unspecified atom stereocenters. The van der Waals surface area contributed by atoms with E-state index in [1.807, 2.05) is 42.6 Å². The highest BCUT2D eigenvalue weighted by molar-refractivity contribution is 6.34. The van der Waals surface area contributed by atoms with Gasteiger partial charge in [-0.1, -0.05) is 35.0 Å². The van der Waals surface area contributed by atoms with E-state index in [4.69, 9.17) is 16.4 Å². The highest BCUT2D eigenvalue weighted by atomic mass is 35.5. The zero-order chi connectivity index (χ0) is 18.7. The van der Waals surface area contributed by atoms with Crippen molar-refractivity contribution < 1.29 is 4.84 Å². The van der Waals surface area contributed by atoms with Crippen molar-refractivity contribution in [3.63, 3.8) is 0 Å². The van der Waals surface area contributed by atoms with Crippen molar-refractivity contribution in [1.82, 2.24) is 4.90 Å². The number of hydrogen-bond donors (Lipinski definition) is 0. The van der Waals surface area contributed by atoms with Crippen molar-refractivity contribution in [3.05, 3.63) is 63.7 Å². The Kier molecular flexibility index (Phi) is 5.62. The Morgan fingerprint density at radius 2 is 2.04 bits per heavy atom. The molecule has 0 spiro atoms. The van der Waals surface area contributed by atoms with Crippen LogP contribution in [0.4, 0.5) is 5.69 Å². The van der Waals surface area contributed by atoms with Gasteiger partial charge in [0.2, 0.25) is 0 Å². The molecule has 0 saturated carbocycles. The molecule has 4 nitrogen and oxygen atoms in total. The molecule has 5 heteroatoms. The molecule has 0 N–H and O–H groups in total. The molecule has 26 heavy (non-hydrogen) atoms. The summed E-state index contributed by atoms with van der Waals surface area (Å²) in [4.78, 5) is 12.4. The SMILES string of the molecule is CCN(C)C=Nc1cc(C)c(C2CC(c3ccccc3Cl)=NO2)cc1C. The van der Waals surface area contributed by atoms with Crippen LogP contribution in [0.1, 0.15) is 41.7 Å². The molecule has 1 heterocycles. The molecule has 0 bridgehead atoms. The molecule has 0 aliphatic carbocycles. The molecule has 2 aromatic rings. The molecule has 1 aliphatic heterocycles. The molecule has 1 atom stereocenters. The predicted octanol–water partition coefficient (Wildman–Crippen LogP) is 5.43. The van der Waals surface area contributed by atoms with E-state index in [1.165, 1.54) is 0 Å². The molecular weight excluding hydrogens is 346 g/mol. The topological polar surface area (TPSA) is 37.2 Å². The Morgan fingerprint density at radius 1 is 1.27 bits per heavy atom. The molecule has 2 aromatic carbocycles. The first-order valence-electron chi connectivity index (χ1n) is 8.82. The number of rotatable bonds is 5. The normalized spacial score (nSPS) is 16.7. The van der Waals surface area contributed by atoms with E-state index in [2.05, 4.69) is 43.1 Å². The summed E-state index contributed by atoms with van der Waals surface area (Å²) < 4.78 is 0. The number of oxime groups is 1. The van der Waals surface area contributed by atoms with Gasteiger partial charge in [-0.25, -0.2) is 4.99 Å². The average Bonchev–Trinajstić information content (AvgIpc) is 3.11. The second kappa shape index (κ2) is 7.92. The fourth-order valence-corrected chi connectivity index (χ4v) is 3.19. The summed E-state index contributed by atoms with van der Waals surface area (Å²) in [5, 5.41) is 4.99. The van der Waals surface area contributed by atoms with Gasteiger partial charge >= 0.3 is 0 Å². The Bertz CT molecular complexity index is 860. The van der Waals surface area contributed by atoms with Gasteiger partial charge in [0, 0.05) is 30.6 Å². The molecule has 1 aliphatic rings. The van der Waals surface area contributed by atoms with Crippen molar-refractivity contribution in [2.75, 3.05) is 13.6 Å². The molecule has 0 fully saturated rings. The fraction of sp³-hybridized carbons (Fsp3) is 0.333. The van der Waals surface area contributed by atoms with E-state index < -0.39 is 0 Å². The summed E-state index contributed by atoms with van der Waals surface area (Å²) in [6, 6.07) is 12.0. The zero-order valence-electron chi connectivity index (χ0n) is 15.7. The third-order valence-corrected chi connectivity index (χ3v) is 5.01. The van der Waals surface area contributed by atoms with Gasteiger partial charge in [0.05, 0.1) is 17.7 Å². The van der Waals surface area contributed by atoms with E-state index in [-0.39, 0.29) is 6.10 Å². The molecule has 0 radical (unpaired) electrons. The molecule has 136 valence electrons. The van der Waals surface area contributed by atoms with Crippen molar-refractivity contribution >= 4 is 29.3 Å². The highest BCUT2D eigenvalue weighted by Crippen LogP contribution is 2.35. The molecular formula is C21H24ClN3O. The van der Waals surface area contributed by atoms with Crippen molar-refractivity contribution in [3.8, 4) is 0 Å². The van der Waals surface area contributed by atoms with Crippen LogP contribution >= 0.6 is 11.6 Å². The third kappa shape index (κ3) is 3.91. The van der Waals surface area contributed by atoms with Gasteiger partial charge in [0.25, 0.3) is 0 Å². The maximum Gasteiger partial charge on any atom is 0.158 e. The van der Waals surface area contributed by atoms with Crippen molar-refractivity contribution in [2.45, 2.75) is 33.3 Å². The van der Waals surface area contributed by atoms with Crippen LogP contribution < -0.4 is 0 Å². The third-order valence-electron chi connectivity index (χ3n) is 4.68. The Labute approximate surface area is 160 Å². The number of aliphatic imine (C=N–C) groups is 1. The molecule has 0 amide bonds. The summed E-state index contributed by atoms with van der Waals surface area (Å²) in [6.45, 7) is 7.19.